The predicted molar refractivity (Wildman–Crippen MR) is 100 cm³/mol. The average Bonchev–Trinajstić information content (AvgIpc) is 2.67. The van der Waals surface area contributed by atoms with E-state index in [1.54, 1.807) is 0 Å². The molecule has 6 atom stereocenters. The van der Waals surface area contributed by atoms with Crippen LogP contribution in [-0.2, 0) is 0 Å². The quantitative estimate of drug-likeness (QED) is 0.456. The van der Waals surface area contributed by atoms with E-state index in [-0.39, 0.29) is 10.8 Å². The van der Waals surface area contributed by atoms with Gasteiger partial charge in [-0.1, -0.05) is 66.7 Å². The van der Waals surface area contributed by atoms with Crippen LogP contribution in [-0.4, -0.2) is 0 Å². The summed E-state index contributed by atoms with van der Waals surface area (Å²) in [7, 11) is 0. The Hall–Kier alpha value is -0.520. The van der Waals surface area contributed by atoms with Crippen LogP contribution in [0.4, 0.5) is 0 Å². The number of allylic oxidation sites excluding steroid dienone is 3. The first-order chi connectivity index (χ1) is 10.0. The van der Waals surface area contributed by atoms with Gasteiger partial charge >= 0.3 is 0 Å². The van der Waals surface area contributed by atoms with Crippen molar-refractivity contribution >= 4 is 0 Å². The second-order valence-corrected chi connectivity index (χ2v) is 8.76. The van der Waals surface area contributed by atoms with E-state index in [1.165, 1.54) is 12.8 Å². The lowest BCUT2D eigenvalue weighted by atomic mass is 9.67. The Morgan fingerprint density at radius 2 is 1.64 bits per heavy atom. The fraction of sp³-hybridized carbons (Fsp3) is 0.727. The van der Waals surface area contributed by atoms with Crippen LogP contribution >= 0.6 is 0 Å². The standard InChI is InChI=1S/C22H38/c1-10-17(4)12-11-13-22(9)15-20(14-21(22,7)8)19(6)18(5)16(2)3/h10-13,16-20H,1,7,14-15H2,2-6,8-9H3/b12-11-/t17?,18-,19-,20?,21?,22?/m1/s1. The molecular weight excluding hydrogens is 264 g/mol. The highest BCUT2D eigenvalue weighted by molar-refractivity contribution is 5.16. The highest BCUT2D eigenvalue weighted by Crippen LogP contribution is 2.59. The minimum atomic E-state index is 0.129. The second kappa shape index (κ2) is 7.37. The number of rotatable bonds is 7. The first-order valence-corrected chi connectivity index (χ1v) is 9.04. The maximum absolute atomic E-state index is 4.59. The molecule has 126 valence electrons. The Morgan fingerprint density at radius 3 is 2.14 bits per heavy atom. The Bertz CT molecular complexity index is 387. The molecule has 1 aliphatic carbocycles. The summed E-state index contributed by atoms with van der Waals surface area (Å²) in [5, 5.41) is 0. The van der Waals surface area contributed by atoms with Crippen LogP contribution in [0, 0.1) is 53.8 Å². The third-order valence-electron chi connectivity index (χ3n) is 6.65. The minimum absolute atomic E-state index is 0.129. The largest absolute Gasteiger partial charge is 0.102 e. The monoisotopic (exact) mass is 302 g/mol. The molecule has 0 amide bonds. The van der Waals surface area contributed by atoms with Crippen molar-refractivity contribution in [1.29, 1.82) is 0 Å². The molecule has 0 spiro atoms. The fourth-order valence-electron chi connectivity index (χ4n) is 3.87. The number of hydrogen-bond acceptors (Lipinski definition) is 0. The molecule has 0 aliphatic heterocycles. The molecule has 0 nitrogen and oxygen atoms in total. The van der Waals surface area contributed by atoms with E-state index in [2.05, 4.69) is 80.5 Å². The molecule has 2 radical (unpaired) electrons. The summed E-state index contributed by atoms with van der Waals surface area (Å²) in [4.78, 5) is 0. The van der Waals surface area contributed by atoms with Gasteiger partial charge in [-0.05, 0) is 66.6 Å². The zero-order chi connectivity index (χ0) is 17.1. The molecule has 0 N–H and O–H groups in total. The summed E-state index contributed by atoms with van der Waals surface area (Å²) < 4.78 is 0. The normalized spacial score (nSPS) is 32.3. The lowest BCUT2D eigenvalue weighted by Crippen LogP contribution is -2.29. The van der Waals surface area contributed by atoms with Gasteiger partial charge < -0.3 is 0 Å². The van der Waals surface area contributed by atoms with Crippen LogP contribution < -0.4 is 0 Å². The van der Waals surface area contributed by atoms with E-state index in [4.69, 9.17) is 0 Å². The van der Waals surface area contributed by atoms with Gasteiger partial charge in [-0.2, -0.15) is 0 Å². The van der Waals surface area contributed by atoms with Crippen molar-refractivity contribution in [3.05, 3.63) is 38.2 Å². The maximum Gasteiger partial charge on any atom is -0.00845 e. The van der Waals surface area contributed by atoms with Crippen molar-refractivity contribution in [2.75, 3.05) is 0 Å². The molecule has 0 heterocycles. The van der Waals surface area contributed by atoms with Gasteiger partial charge in [0, 0.05) is 0 Å². The topological polar surface area (TPSA) is 0 Å². The van der Waals surface area contributed by atoms with E-state index in [9.17, 15) is 0 Å². The van der Waals surface area contributed by atoms with Crippen molar-refractivity contribution in [3.63, 3.8) is 0 Å². The zero-order valence-corrected chi connectivity index (χ0v) is 16.0. The van der Waals surface area contributed by atoms with Crippen LogP contribution in [0.1, 0.15) is 61.3 Å². The first kappa shape index (κ1) is 19.5. The highest BCUT2D eigenvalue weighted by atomic mass is 14.5. The molecule has 4 unspecified atom stereocenters. The van der Waals surface area contributed by atoms with Gasteiger partial charge in [0.15, 0.2) is 0 Å². The molecule has 0 bridgehead atoms. The van der Waals surface area contributed by atoms with Crippen LogP contribution in [0.3, 0.4) is 0 Å². The van der Waals surface area contributed by atoms with Crippen LogP contribution in [0.25, 0.3) is 0 Å². The van der Waals surface area contributed by atoms with E-state index >= 15 is 0 Å². The van der Waals surface area contributed by atoms with Gasteiger partial charge in [0.2, 0.25) is 0 Å². The lowest BCUT2D eigenvalue weighted by molar-refractivity contribution is 0.204. The molecular formula is C22H38. The SMILES string of the molecule is [CH2]C1(C)CC([C@H](C)[C@H](C)C(C)C)CC1(C)[CH]/C=C\C(C)C=C. The van der Waals surface area contributed by atoms with Crippen LogP contribution in [0.5, 0.6) is 0 Å². The van der Waals surface area contributed by atoms with Gasteiger partial charge in [0.05, 0.1) is 0 Å². The molecule has 0 saturated heterocycles. The highest BCUT2D eigenvalue weighted by Gasteiger charge is 2.50. The van der Waals surface area contributed by atoms with E-state index < -0.39 is 0 Å². The van der Waals surface area contributed by atoms with E-state index in [0.717, 1.165) is 23.7 Å². The Kier molecular flexibility index (Phi) is 6.54. The summed E-state index contributed by atoms with van der Waals surface area (Å²) >= 11 is 0. The van der Waals surface area contributed by atoms with Crippen molar-refractivity contribution in [2.24, 2.45) is 40.4 Å². The summed E-state index contributed by atoms with van der Waals surface area (Å²) in [5.74, 6) is 3.53. The van der Waals surface area contributed by atoms with E-state index in [1.807, 2.05) is 6.08 Å². The maximum atomic E-state index is 4.59. The zero-order valence-electron chi connectivity index (χ0n) is 16.0. The average molecular weight is 303 g/mol. The molecule has 22 heavy (non-hydrogen) atoms. The molecule has 0 heteroatoms. The second-order valence-electron chi connectivity index (χ2n) is 8.76. The first-order valence-electron chi connectivity index (χ1n) is 9.04. The summed E-state index contributed by atoms with van der Waals surface area (Å²) in [6.07, 6.45) is 11.4. The van der Waals surface area contributed by atoms with Crippen molar-refractivity contribution in [1.82, 2.24) is 0 Å². The van der Waals surface area contributed by atoms with Gasteiger partial charge in [0.25, 0.3) is 0 Å². The van der Waals surface area contributed by atoms with Crippen LogP contribution in [0.2, 0.25) is 0 Å². The Morgan fingerprint density at radius 1 is 1.05 bits per heavy atom. The van der Waals surface area contributed by atoms with Crippen molar-refractivity contribution in [3.8, 4) is 0 Å². The molecule has 0 aromatic carbocycles. The predicted octanol–water partition coefficient (Wildman–Crippen LogP) is 6.75. The smallest absolute Gasteiger partial charge is 0.00845 e. The van der Waals surface area contributed by atoms with Gasteiger partial charge in [0.1, 0.15) is 0 Å². The molecule has 1 rings (SSSR count). The molecule has 0 aromatic rings. The third kappa shape index (κ3) is 4.27. The fourth-order valence-corrected chi connectivity index (χ4v) is 3.87. The minimum Gasteiger partial charge on any atom is -0.102 e. The summed E-state index contributed by atoms with van der Waals surface area (Å²) in [6.45, 7) is 24.9. The lowest BCUT2D eigenvalue weighted by Gasteiger charge is -2.37. The van der Waals surface area contributed by atoms with Crippen molar-refractivity contribution < 1.29 is 0 Å². The Labute approximate surface area is 140 Å². The van der Waals surface area contributed by atoms with E-state index in [0.29, 0.717) is 5.92 Å². The Balaban J connectivity index is 2.80. The van der Waals surface area contributed by atoms with Gasteiger partial charge in [-0.15, -0.1) is 6.58 Å². The summed E-state index contributed by atoms with van der Waals surface area (Å²) in [6, 6.07) is 0. The number of hydrogen-bond donors (Lipinski definition) is 0. The van der Waals surface area contributed by atoms with Gasteiger partial charge in [-0.3, -0.25) is 0 Å². The molecule has 1 aliphatic rings. The van der Waals surface area contributed by atoms with Crippen LogP contribution in [0.15, 0.2) is 24.8 Å². The van der Waals surface area contributed by atoms with Gasteiger partial charge in [-0.25, -0.2) is 0 Å². The molecule has 1 saturated carbocycles. The third-order valence-corrected chi connectivity index (χ3v) is 6.65. The molecule has 0 aromatic heterocycles. The van der Waals surface area contributed by atoms with Crippen molar-refractivity contribution in [2.45, 2.75) is 61.3 Å². The molecule has 1 fully saturated rings. The summed E-state index contributed by atoms with van der Waals surface area (Å²) in [5.41, 5.74) is 0.324.